The first kappa shape index (κ1) is 9.17. The molecule has 0 radical (unpaired) electrons. The quantitative estimate of drug-likeness (QED) is 0.785. The van der Waals surface area contributed by atoms with Crippen LogP contribution in [0.25, 0.3) is 10.9 Å². The van der Waals surface area contributed by atoms with Crippen LogP contribution >= 0.6 is 0 Å². The Bertz CT molecular complexity index is 610. The standard InChI is InChI=1S/C13H10N2O/c14-8-13(6-10(16)7-13)11-3-1-2-9-4-5-15-12(9)11/h1-5,15H,6-7H2. The summed E-state index contributed by atoms with van der Waals surface area (Å²) in [6.45, 7) is 0. The molecule has 1 aromatic heterocycles. The molecule has 0 saturated heterocycles. The van der Waals surface area contributed by atoms with E-state index in [0.29, 0.717) is 12.8 Å². The van der Waals surface area contributed by atoms with E-state index in [1.54, 1.807) is 0 Å². The van der Waals surface area contributed by atoms with Gasteiger partial charge in [-0.3, -0.25) is 4.79 Å². The van der Waals surface area contributed by atoms with E-state index in [0.717, 1.165) is 16.5 Å². The second-order valence-corrected chi connectivity index (χ2v) is 4.33. The van der Waals surface area contributed by atoms with Crippen molar-refractivity contribution in [3.05, 3.63) is 36.0 Å². The molecule has 0 unspecified atom stereocenters. The average molecular weight is 210 g/mol. The topological polar surface area (TPSA) is 56.6 Å². The molecule has 0 amide bonds. The van der Waals surface area contributed by atoms with Crippen molar-refractivity contribution in [1.82, 2.24) is 4.98 Å². The third kappa shape index (κ3) is 1.04. The van der Waals surface area contributed by atoms with Crippen LogP contribution in [0.3, 0.4) is 0 Å². The molecule has 3 nitrogen and oxygen atoms in total. The molecule has 1 saturated carbocycles. The zero-order chi connectivity index (χ0) is 11.2. The number of rotatable bonds is 1. The lowest BCUT2D eigenvalue weighted by Gasteiger charge is -2.34. The third-order valence-electron chi connectivity index (χ3n) is 3.31. The Labute approximate surface area is 92.7 Å². The number of aromatic nitrogens is 1. The molecule has 0 bridgehead atoms. The van der Waals surface area contributed by atoms with Crippen molar-refractivity contribution in [3.8, 4) is 6.07 Å². The van der Waals surface area contributed by atoms with E-state index in [1.165, 1.54) is 0 Å². The van der Waals surface area contributed by atoms with Gasteiger partial charge < -0.3 is 4.98 Å². The molecule has 3 heteroatoms. The number of benzene rings is 1. The molecule has 16 heavy (non-hydrogen) atoms. The number of hydrogen-bond donors (Lipinski definition) is 1. The molecule has 1 aromatic carbocycles. The van der Waals surface area contributed by atoms with E-state index in [9.17, 15) is 10.1 Å². The number of nitriles is 1. The van der Waals surface area contributed by atoms with E-state index >= 15 is 0 Å². The smallest absolute Gasteiger partial charge is 0.136 e. The van der Waals surface area contributed by atoms with Gasteiger partial charge in [-0.15, -0.1) is 0 Å². The molecule has 1 N–H and O–H groups in total. The van der Waals surface area contributed by atoms with Crippen LogP contribution in [0.2, 0.25) is 0 Å². The summed E-state index contributed by atoms with van der Waals surface area (Å²) in [7, 11) is 0. The Morgan fingerprint density at radius 1 is 1.31 bits per heavy atom. The summed E-state index contributed by atoms with van der Waals surface area (Å²) in [5.74, 6) is 0.171. The Morgan fingerprint density at radius 3 is 2.81 bits per heavy atom. The van der Waals surface area contributed by atoms with E-state index in [-0.39, 0.29) is 5.78 Å². The van der Waals surface area contributed by atoms with Crippen molar-refractivity contribution < 1.29 is 4.79 Å². The monoisotopic (exact) mass is 210 g/mol. The average Bonchev–Trinajstić information content (AvgIpc) is 2.72. The fourth-order valence-electron chi connectivity index (χ4n) is 2.43. The number of Topliss-reactive ketones (excluding diaryl/α,β-unsaturated/α-hetero) is 1. The minimum Gasteiger partial charge on any atom is -0.361 e. The van der Waals surface area contributed by atoms with Crippen LogP contribution in [-0.2, 0) is 10.2 Å². The first-order chi connectivity index (χ1) is 7.75. The summed E-state index contributed by atoms with van der Waals surface area (Å²) in [5, 5.41) is 10.4. The molecule has 1 fully saturated rings. The molecule has 2 aromatic rings. The highest BCUT2D eigenvalue weighted by molar-refractivity contribution is 5.94. The van der Waals surface area contributed by atoms with Gasteiger partial charge in [-0.1, -0.05) is 18.2 Å². The lowest BCUT2D eigenvalue weighted by Crippen LogP contribution is -2.40. The molecule has 0 atom stereocenters. The summed E-state index contributed by atoms with van der Waals surface area (Å²) in [6.07, 6.45) is 2.56. The van der Waals surface area contributed by atoms with E-state index < -0.39 is 5.41 Å². The van der Waals surface area contributed by atoms with Gasteiger partial charge in [-0.25, -0.2) is 0 Å². The first-order valence-electron chi connectivity index (χ1n) is 5.25. The van der Waals surface area contributed by atoms with Crippen molar-refractivity contribution in [2.45, 2.75) is 18.3 Å². The van der Waals surface area contributed by atoms with Crippen LogP contribution in [0, 0.1) is 11.3 Å². The van der Waals surface area contributed by atoms with Crippen LogP contribution in [0.5, 0.6) is 0 Å². The predicted molar refractivity (Wildman–Crippen MR) is 59.8 cm³/mol. The third-order valence-corrected chi connectivity index (χ3v) is 3.31. The summed E-state index contributed by atoms with van der Waals surface area (Å²) in [4.78, 5) is 14.3. The number of para-hydroxylation sites is 1. The second kappa shape index (κ2) is 2.96. The lowest BCUT2D eigenvalue weighted by molar-refractivity contribution is -0.126. The van der Waals surface area contributed by atoms with Crippen molar-refractivity contribution in [2.24, 2.45) is 0 Å². The number of carbonyl (C=O) groups excluding carboxylic acids is 1. The van der Waals surface area contributed by atoms with Gasteiger partial charge in [0, 0.05) is 19.0 Å². The maximum absolute atomic E-state index is 11.2. The Hall–Kier alpha value is -2.08. The minimum atomic E-state index is -0.596. The van der Waals surface area contributed by atoms with Gasteiger partial charge in [-0.05, 0) is 17.0 Å². The molecular formula is C13H10N2O. The Balaban J connectivity index is 2.23. The normalized spacial score (nSPS) is 18.1. The van der Waals surface area contributed by atoms with E-state index in [2.05, 4.69) is 11.1 Å². The molecule has 0 aliphatic heterocycles. The van der Waals surface area contributed by atoms with E-state index in [4.69, 9.17) is 0 Å². The molecule has 3 rings (SSSR count). The van der Waals surface area contributed by atoms with Crippen LogP contribution in [0.15, 0.2) is 30.5 Å². The number of carbonyl (C=O) groups is 1. The van der Waals surface area contributed by atoms with Crippen molar-refractivity contribution in [3.63, 3.8) is 0 Å². The highest BCUT2D eigenvalue weighted by atomic mass is 16.1. The fourth-order valence-corrected chi connectivity index (χ4v) is 2.43. The summed E-state index contributed by atoms with van der Waals surface area (Å²) in [5.41, 5.74) is 1.34. The maximum atomic E-state index is 11.2. The molecule has 1 aliphatic rings. The van der Waals surface area contributed by atoms with Crippen LogP contribution < -0.4 is 0 Å². The van der Waals surface area contributed by atoms with Crippen LogP contribution in [0.1, 0.15) is 18.4 Å². The minimum absolute atomic E-state index is 0.171. The van der Waals surface area contributed by atoms with Gasteiger partial charge in [0.1, 0.15) is 5.78 Å². The highest BCUT2D eigenvalue weighted by Crippen LogP contribution is 2.43. The predicted octanol–water partition coefficient (Wildman–Crippen LogP) is 2.29. The molecule has 1 aliphatic carbocycles. The van der Waals surface area contributed by atoms with Crippen molar-refractivity contribution in [2.75, 3.05) is 0 Å². The van der Waals surface area contributed by atoms with Gasteiger partial charge >= 0.3 is 0 Å². The number of fused-ring (bicyclic) bond motifs is 1. The number of ketones is 1. The zero-order valence-electron chi connectivity index (χ0n) is 8.66. The second-order valence-electron chi connectivity index (χ2n) is 4.33. The molecule has 78 valence electrons. The number of nitrogens with one attached hydrogen (secondary N) is 1. The Kier molecular flexibility index (Phi) is 1.69. The van der Waals surface area contributed by atoms with Gasteiger partial charge in [0.05, 0.1) is 17.0 Å². The van der Waals surface area contributed by atoms with Crippen LogP contribution in [-0.4, -0.2) is 10.8 Å². The molecular weight excluding hydrogens is 200 g/mol. The van der Waals surface area contributed by atoms with Crippen LogP contribution in [0.4, 0.5) is 0 Å². The van der Waals surface area contributed by atoms with Crippen molar-refractivity contribution in [1.29, 1.82) is 5.26 Å². The summed E-state index contributed by atoms with van der Waals surface area (Å²) < 4.78 is 0. The zero-order valence-corrected chi connectivity index (χ0v) is 8.66. The van der Waals surface area contributed by atoms with Crippen molar-refractivity contribution >= 4 is 16.7 Å². The Morgan fingerprint density at radius 2 is 2.12 bits per heavy atom. The number of aromatic amines is 1. The van der Waals surface area contributed by atoms with Gasteiger partial charge in [0.2, 0.25) is 0 Å². The number of hydrogen-bond acceptors (Lipinski definition) is 2. The van der Waals surface area contributed by atoms with Gasteiger partial charge in [0.15, 0.2) is 0 Å². The summed E-state index contributed by atoms with van der Waals surface area (Å²) >= 11 is 0. The lowest BCUT2D eigenvalue weighted by atomic mass is 9.64. The fraction of sp³-hybridized carbons (Fsp3) is 0.231. The molecule has 1 heterocycles. The van der Waals surface area contributed by atoms with E-state index in [1.807, 2.05) is 30.5 Å². The first-order valence-corrected chi connectivity index (χ1v) is 5.25. The molecule has 0 spiro atoms. The maximum Gasteiger partial charge on any atom is 0.136 e. The number of H-pyrrole nitrogens is 1. The van der Waals surface area contributed by atoms with Gasteiger partial charge in [-0.2, -0.15) is 5.26 Å². The highest BCUT2D eigenvalue weighted by Gasteiger charge is 2.46. The SMILES string of the molecule is N#CC1(c2cccc3cc[nH]c23)CC(=O)C1. The number of nitrogens with zero attached hydrogens (tertiary/aromatic N) is 1. The van der Waals surface area contributed by atoms with Gasteiger partial charge in [0.25, 0.3) is 0 Å². The largest absolute Gasteiger partial charge is 0.361 e. The summed E-state index contributed by atoms with van der Waals surface area (Å²) in [6, 6.07) is 10.2.